The summed E-state index contributed by atoms with van der Waals surface area (Å²) in [4.78, 5) is 25.7. The number of hydrogen-bond acceptors (Lipinski definition) is 5. The first-order valence-electron chi connectivity index (χ1n) is 7.51. The second kappa shape index (κ2) is 8.97. The van der Waals surface area contributed by atoms with Gasteiger partial charge in [0.15, 0.2) is 6.61 Å². The molecule has 1 N–H and O–H groups in total. The second-order valence-corrected chi connectivity index (χ2v) is 6.08. The molecule has 0 heterocycles. The number of rotatable bonds is 6. The normalized spacial score (nSPS) is 10.0. The van der Waals surface area contributed by atoms with Crippen LogP contribution in [0.1, 0.15) is 16.8 Å². The third-order valence-electron chi connectivity index (χ3n) is 3.39. The van der Waals surface area contributed by atoms with Gasteiger partial charge in [0.2, 0.25) is 0 Å². The standard InChI is InChI=1S/C18H14BrFN2O4/c19-12-2-7-16(23)15(10-12)18(25)26-11-17(24)22(9-1-8-21)14-5-3-13(20)4-6-14/h2-7,10,23H,1,9,11H2. The smallest absolute Gasteiger partial charge is 0.342 e. The highest BCUT2D eigenvalue weighted by molar-refractivity contribution is 9.10. The van der Waals surface area contributed by atoms with Crippen LogP contribution < -0.4 is 4.90 Å². The Bertz CT molecular complexity index is 849. The molecular weight excluding hydrogens is 407 g/mol. The molecule has 0 bridgehead atoms. The fraction of sp³-hybridized carbons (Fsp3) is 0.167. The largest absolute Gasteiger partial charge is 0.507 e. The number of hydrogen-bond donors (Lipinski definition) is 1. The van der Waals surface area contributed by atoms with Crippen molar-refractivity contribution in [2.24, 2.45) is 0 Å². The third-order valence-corrected chi connectivity index (χ3v) is 3.89. The molecule has 2 aromatic rings. The number of esters is 1. The van der Waals surface area contributed by atoms with Crippen LogP contribution >= 0.6 is 15.9 Å². The molecule has 6 nitrogen and oxygen atoms in total. The average Bonchev–Trinajstić information content (AvgIpc) is 2.63. The molecule has 26 heavy (non-hydrogen) atoms. The van der Waals surface area contributed by atoms with Crippen molar-refractivity contribution in [1.82, 2.24) is 0 Å². The third kappa shape index (κ3) is 5.04. The van der Waals surface area contributed by atoms with Crippen LogP contribution in [-0.2, 0) is 9.53 Å². The van der Waals surface area contributed by atoms with Gasteiger partial charge in [0, 0.05) is 16.7 Å². The van der Waals surface area contributed by atoms with Gasteiger partial charge in [0.05, 0.1) is 12.5 Å². The average molecular weight is 421 g/mol. The van der Waals surface area contributed by atoms with Crippen molar-refractivity contribution in [3.63, 3.8) is 0 Å². The Hall–Kier alpha value is -2.92. The predicted octanol–water partition coefficient (Wildman–Crippen LogP) is 3.40. The predicted molar refractivity (Wildman–Crippen MR) is 95.1 cm³/mol. The summed E-state index contributed by atoms with van der Waals surface area (Å²) < 4.78 is 18.6. The van der Waals surface area contributed by atoms with Gasteiger partial charge in [0.25, 0.3) is 5.91 Å². The monoisotopic (exact) mass is 420 g/mol. The summed E-state index contributed by atoms with van der Waals surface area (Å²) in [6.45, 7) is -0.520. The molecule has 0 saturated carbocycles. The Labute approximate surface area is 157 Å². The second-order valence-electron chi connectivity index (χ2n) is 5.17. The van der Waals surface area contributed by atoms with E-state index < -0.39 is 24.3 Å². The first kappa shape index (κ1) is 19.4. The lowest BCUT2D eigenvalue weighted by Gasteiger charge is -2.21. The molecule has 0 fully saturated rings. The van der Waals surface area contributed by atoms with Crippen LogP contribution in [-0.4, -0.2) is 30.1 Å². The summed E-state index contributed by atoms with van der Waals surface area (Å²) in [6.07, 6.45) is 0.0590. The minimum absolute atomic E-state index is 0.0590. The molecule has 0 aromatic heterocycles. The Morgan fingerprint density at radius 2 is 1.92 bits per heavy atom. The van der Waals surface area contributed by atoms with E-state index in [1.807, 2.05) is 6.07 Å². The first-order chi connectivity index (χ1) is 12.4. The molecule has 0 spiro atoms. The Kier molecular flexibility index (Phi) is 6.69. The summed E-state index contributed by atoms with van der Waals surface area (Å²) in [5, 5.41) is 18.5. The zero-order valence-electron chi connectivity index (χ0n) is 13.5. The van der Waals surface area contributed by atoms with E-state index in [2.05, 4.69) is 15.9 Å². The van der Waals surface area contributed by atoms with Crippen LogP contribution in [0.25, 0.3) is 0 Å². The van der Waals surface area contributed by atoms with Crippen LogP contribution in [0.2, 0.25) is 0 Å². The summed E-state index contributed by atoms with van der Waals surface area (Å²) >= 11 is 3.18. The van der Waals surface area contributed by atoms with E-state index >= 15 is 0 Å². The first-order valence-corrected chi connectivity index (χ1v) is 8.30. The molecule has 0 aliphatic carbocycles. The number of phenols is 1. The highest BCUT2D eigenvalue weighted by Crippen LogP contribution is 2.23. The van der Waals surface area contributed by atoms with Gasteiger partial charge in [-0.25, -0.2) is 9.18 Å². The van der Waals surface area contributed by atoms with E-state index in [1.54, 1.807) is 6.07 Å². The number of phenolic OH excluding ortho intramolecular Hbond substituents is 1. The van der Waals surface area contributed by atoms with E-state index in [0.717, 1.165) is 0 Å². The van der Waals surface area contributed by atoms with Crippen molar-refractivity contribution >= 4 is 33.5 Å². The summed E-state index contributed by atoms with van der Waals surface area (Å²) in [5.74, 6) is -2.17. The Morgan fingerprint density at radius 3 is 2.58 bits per heavy atom. The van der Waals surface area contributed by atoms with Crippen molar-refractivity contribution in [3.8, 4) is 11.8 Å². The maximum absolute atomic E-state index is 13.1. The van der Waals surface area contributed by atoms with Gasteiger partial charge in [-0.15, -0.1) is 0 Å². The van der Waals surface area contributed by atoms with Crippen LogP contribution in [0, 0.1) is 17.1 Å². The molecule has 0 atom stereocenters. The number of amides is 1. The lowest BCUT2D eigenvalue weighted by molar-refractivity contribution is -0.121. The van der Waals surface area contributed by atoms with Gasteiger partial charge in [-0.1, -0.05) is 15.9 Å². The van der Waals surface area contributed by atoms with Crippen LogP contribution in [0.5, 0.6) is 5.75 Å². The number of halogens is 2. The number of nitrogens with zero attached hydrogens (tertiary/aromatic N) is 2. The van der Waals surface area contributed by atoms with Crippen molar-refractivity contribution in [1.29, 1.82) is 5.26 Å². The molecule has 2 aromatic carbocycles. The molecule has 8 heteroatoms. The van der Waals surface area contributed by atoms with Gasteiger partial charge < -0.3 is 14.7 Å². The lowest BCUT2D eigenvalue weighted by Crippen LogP contribution is -2.35. The van der Waals surface area contributed by atoms with Crippen LogP contribution in [0.3, 0.4) is 0 Å². The summed E-state index contributed by atoms with van der Waals surface area (Å²) in [5.41, 5.74) is 0.297. The van der Waals surface area contributed by atoms with Crippen LogP contribution in [0.4, 0.5) is 10.1 Å². The lowest BCUT2D eigenvalue weighted by atomic mass is 10.2. The van der Waals surface area contributed by atoms with Crippen molar-refractivity contribution in [3.05, 3.63) is 58.3 Å². The topological polar surface area (TPSA) is 90.6 Å². The minimum Gasteiger partial charge on any atom is -0.507 e. The zero-order chi connectivity index (χ0) is 19.1. The van der Waals surface area contributed by atoms with E-state index in [0.29, 0.717) is 10.2 Å². The number of ether oxygens (including phenoxy) is 1. The fourth-order valence-electron chi connectivity index (χ4n) is 2.14. The molecule has 0 aliphatic heterocycles. The number of anilines is 1. The molecule has 0 saturated heterocycles. The molecule has 134 valence electrons. The van der Waals surface area contributed by atoms with E-state index in [9.17, 15) is 19.1 Å². The maximum atomic E-state index is 13.1. The van der Waals surface area contributed by atoms with Gasteiger partial charge in [-0.3, -0.25) is 4.79 Å². The van der Waals surface area contributed by atoms with Crippen molar-refractivity contribution in [2.45, 2.75) is 6.42 Å². The van der Waals surface area contributed by atoms with Gasteiger partial charge >= 0.3 is 5.97 Å². The summed E-state index contributed by atoms with van der Waals surface area (Å²) in [7, 11) is 0. The SMILES string of the molecule is N#CCCN(C(=O)COC(=O)c1cc(Br)ccc1O)c1ccc(F)cc1. The van der Waals surface area contributed by atoms with Crippen molar-refractivity contribution < 1.29 is 23.8 Å². The van der Waals surface area contributed by atoms with E-state index in [4.69, 9.17) is 10.00 Å². The molecule has 2 rings (SSSR count). The number of carbonyl (C=O) groups is 2. The molecule has 0 aliphatic rings. The zero-order valence-corrected chi connectivity index (χ0v) is 15.1. The number of nitriles is 1. The molecule has 1 amide bonds. The van der Waals surface area contributed by atoms with E-state index in [-0.39, 0.29) is 24.3 Å². The van der Waals surface area contributed by atoms with E-state index in [1.165, 1.54) is 41.3 Å². The summed E-state index contributed by atoms with van der Waals surface area (Å²) in [6, 6.07) is 11.3. The fourth-order valence-corrected chi connectivity index (χ4v) is 2.50. The van der Waals surface area contributed by atoms with Gasteiger partial charge in [0.1, 0.15) is 17.1 Å². The quantitative estimate of drug-likeness (QED) is 0.723. The van der Waals surface area contributed by atoms with Crippen molar-refractivity contribution in [2.75, 3.05) is 18.1 Å². The van der Waals surface area contributed by atoms with Gasteiger partial charge in [-0.05, 0) is 42.5 Å². The number of benzene rings is 2. The highest BCUT2D eigenvalue weighted by atomic mass is 79.9. The molecule has 0 radical (unpaired) electrons. The Balaban J connectivity index is 2.09. The molecular formula is C18H14BrFN2O4. The maximum Gasteiger partial charge on any atom is 0.342 e. The highest BCUT2D eigenvalue weighted by Gasteiger charge is 2.20. The number of aromatic hydroxyl groups is 1. The van der Waals surface area contributed by atoms with Gasteiger partial charge in [-0.2, -0.15) is 5.26 Å². The van der Waals surface area contributed by atoms with Crippen LogP contribution in [0.15, 0.2) is 46.9 Å². The molecule has 0 unspecified atom stereocenters. The number of carbonyl (C=O) groups excluding carboxylic acids is 2. The Morgan fingerprint density at radius 1 is 1.23 bits per heavy atom. The minimum atomic E-state index is -0.864.